The zero-order valence-electron chi connectivity index (χ0n) is 9.95. The third-order valence-corrected chi connectivity index (χ3v) is 3.05. The molecule has 0 aliphatic heterocycles. The third-order valence-electron chi connectivity index (χ3n) is 2.44. The molecule has 1 aromatic heterocycles. The molecule has 5 nitrogen and oxygen atoms in total. The Labute approximate surface area is 121 Å². The number of nitrogen functional groups attached to an aromatic ring is 1. The van der Waals surface area contributed by atoms with Gasteiger partial charge in [-0.1, -0.05) is 0 Å². The fourth-order valence-corrected chi connectivity index (χ4v) is 1.86. The Bertz CT molecular complexity index is 693. The Morgan fingerprint density at radius 1 is 1.25 bits per heavy atom. The number of nitrogens with two attached hydrogens (primary N) is 2. The zero-order valence-corrected chi connectivity index (χ0v) is 11.5. The molecule has 0 fully saturated rings. The summed E-state index contributed by atoms with van der Waals surface area (Å²) in [5, 5.41) is 2.58. The van der Waals surface area contributed by atoms with Crippen LogP contribution in [-0.4, -0.2) is 10.9 Å². The summed E-state index contributed by atoms with van der Waals surface area (Å²) in [6.45, 7) is 0. The lowest BCUT2D eigenvalue weighted by Crippen LogP contribution is -2.15. The predicted molar refractivity (Wildman–Crippen MR) is 74.5 cm³/mol. The Balaban J connectivity index is 2.45. The van der Waals surface area contributed by atoms with E-state index in [-0.39, 0.29) is 27.2 Å². The molecule has 104 valence electrons. The largest absolute Gasteiger partial charge is 0.397 e. The summed E-state index contributed by atoms with van der Waals surface area (Å²) in [7, 11) is 0. The first kappa shape index (κ1) is 14.2. The predicted octanol–water partition coefficient (Wildman–Crippen LogP) is 2.55. The van der Waals surface area contributed by atoms with E-state index in [1.807, 2.05) is 0 Å². The normalized spacial score (nSPS) is 10.3. The van der Waals surface area contributed by atoms with E-state index < -0.39 is 17.5 Å². The van der Waals surface area contributed by atoms with Crippen molar-refractivity contribution in [2.75, 3.05) is 11.1 Å². The summed E-state index contributed by atoms with van der Waals surface area (Å²) in [4.78, 5) is 15.2. The number of nitrogens with zero attached hydrogens (tertiary/aromatic N) is 1. The highest BCUT2D eigenvalue weighted by Crippen LogP contribution is 2.27. The van der Waals surface area contributed by atoms with Gasteiger partial charge in [0.05, 0.1) is 27.6 Å². The van der Waals surface area contributed by atoms with E-state index in [1.165, 1.54) is 18.3 Å². The zero-order chi connectivity index (χ0) is 14.9. The molecule has 1 amide bonds. The minimum atomic E-state index is -0.834. The molecule has 20 heavy (non-hydrogen) atoms. The van der Waals surface area contributed by atoms with Gasteiger partial charge in [0.15, 0.2) is 0 Å². The standard InChI is InChI=1S/C12H9BrF2N4O/c13-7-2-10(9(15)3-8(7)14)19-12-6(11(17)20)1-5(16)4-18-12/h1-4H,16H2,(H2,17,20)(H,18,19). The number of hydrogen-bond donors (Lipinski definition) is 3. The van der Waals surface area contributed by atoms with Gasteiger partial charge in [0, 0.05) is 6.07 Å². The number of anilines is 3. The van der Waals surface area contributed by atoms with Gasteiger partial charge in [0.1, 0.15) is 17.5 Å². The van der Waals surface area contributed by atoms with Crippen LogP contribution in [0.5, 0.6) is 0 Å². The van der Waals surface area contributed by atoms with E-state index in [0.717, 1.165) is 0 Å². The van der Waals surface area contributed by atoms with Gasteiger partial charge in [-0.3, -0.25) is 4.79 Å². The van der Waals surface area contributed by atoms with E-state index in [0.29, 0.717) is 6.07 Å². The van der Waals surface area contributed by atoms with Crippen LogP contribution >= 0.6 is 15.9 Å². The lowest BCUT2D eigenvalue weighted by Gasteiger charge is -2.11. The highest BCUT2D eigenvalue weighted by molar-refractivity contribution is 9.10. The number of carbonyl (C=O) groups excluding carboxylic acids is 1. The second-order valence-corrected chi connectivity index (χ2v) is 4.75. The number of aromatic nitrogens is 1. The molecule has 1 heterocycles. The molecule has 0 radical (unpaired) electrons. The summed E-state index contributed by atoms with van der Waals surface area (Å²) >= 11 is 2.94. The highest BCUT2D eigenvalue weighted by atomic mass is 79.9. The van der Waals surface area contributed by atoms with Crippen LogP contribution in [-0.2, 0) is 0 Å². The molecular weight excluding hydrogens is 334 g/mol. The lowest BCUT2D eigenvalue weighted by molar-refractivity contribution is 0.100. The number of rotatable bonds is 3. The summed E-state index contributed by atoms with van der Waals surface area (Å²) < 4.78 is 26.8. The third kappa shape index (κ3) is 2.85. The fraction of sp³-hybridized carbons (Fsp3) is 0. The van der Waals surface area contributed by atoms with Crippen molar-refractivity contribution in [3.63, 3.8) is 0 Å². The van der Waals surface area contributed by atoms with Crippen LogP contribution in [0.25, 0.3) is 0 Å². The number of amides is 1. The van der Waals surface area contributed by atoms with Crippen LogP contribution in [0.2, 0.25) is 0 Å². The first-order chi connectivity index (χ1) is 9.38. The second kappa shape index (κ2) is 5.41. The molecule has 0 atom stereocenters. The summed E-state index contributed by atoms with van der Waals surface area (Å²) in [6.07, 6.45) is 1.28. The van der Waals surface area contributed by atoms with E-state index in [2.05, 4.69) is 26.2 Å². The molecule has 0 aliphatic carbocycles. The van der Waals surface area contributed by atoms with Crippen molar-refractivity contribution >= 4 is 39.0 Å². The maximum atomic E-state index is 13.6. The number of pyridine rings is 1. The minimum absolute atomic E-state index is 0.00449. The molecule has 1 aromatic carbocycles. The Hall–Kier alpha value is -2.22. The van der Waals surface area contributed by atoms with Crippen molar-refractivity contribution in [3.05, 3.63) is 46.1 Å². The molecule has 2 rings (SSSR count). The Morgan fingerprint density at radius 3 is 2.60 bits per heavy atom. The lowest BCUT2D eigenvalue weighted by atomic mass is 10.2. The number of nitrogens with one attached hydrogen (secondary N) is 1. The van der Waals surface area contributed by atoms with E-state index in [4.69, 9.17) is 11.5 Å². The van der Waals surface area contributed by atoms with Crippen molar-refractivity contribution < 1.29 is 13.6 Å². The number of benzene rings is 1. The van der Waals surface area contributed by atoms with Crippen molar-refractivity contribution in [1.29, 1.82) is 0 Å². The van der Waals surface area contributed by atoms with Crippen LogP contribution in [0.3, 0.4) is 0 Å². The molecule has 0 unspecified atom stereocenters. The first-order valence-electron chi connectivity index (χ1n) is 5.35. The molecule has 0 bridgehead atoms. The van der Waals surface area contributed by atoms with Gasteiger partial charge in [0.2, 0.25) is 0 Å². The second-order valence-electron chi connectivity index (χ2n) is 3.90. The van der Waals surface area contributed by atoms with E-state index in [1.54, 1.807) is 0 Å². The van der Waals surface area contributed by atoms with E-state index in [9.17, 15) is 13.6 Å². The number of primary amides is 1. The number of carbonyl (C=O) groups is 1. The Morgan fingerprint density at radius 2 is 1.95 bits per heavy atom. The van der Waals surface area contributed by atoms with Gasteiger partial charge in [-0.15, -0.1) is 0 Å². The molecule has 0 aliphatic rings. The average Bonchev–Trinajstić information content (AvgIpc) is 2.37. The van der Waals surface area contributed by atoms with Crippen molar-refractivity contribution in [1.82, 2.24) is 4.98 Å². The minimum Gasteiger partial charge on any atom is -0.397 e. The van der Waals surface area contributed by atoms with Gasteiger partial charge in [-0.05, 0) is 28.1 Å². The van der Waals surface area contributed by atoms with Crippen molar-refractivity contribution in [2.45, 2.75) is 0 Å². The fourth-order valence-electron chi connectivity index (χ4n) is 1.51. The summed E-state index contributed by atoms with van der Waals surface area (Å²) in [6, 6.07) is 3.20. The molecule has 0 saturated carbocycles. The van der Waals surface area contributed by atoms with Crippen LogP contribution < -0.4 is 16.8 Å². The van der Waals surface area contributed by atoms with Crippen molar-refractivity contribution in [2.24, 2.45) is 5.73 Å². The molecule has 8 heteroatoms. The van der Waals surface area contributed by atoms with Crippen LogP contribution in [0.4, 0.5) is 26.0 Å². The van der Waals surface area contributed by atoms with Gasteiger partial charge < -0.3 is 16.8 Å². The summed E-state index contributed by atoms with van der Waals surface area (Å²) in [5.41, 5.74) is 10.9. The van der Waals surface area contributed by atoms with Gasteiger partial charge in [-0.25, -0.2) is 13.8 Å². The summed E-state index contributed by atoms with van der Waals surface area (Å²) in [5.74, 6) is -2.31. The maximum absolute atomic E-state index is 13.6. The van der Waals surface area contributed by atoms with Crippen molar-refractivity contribution in [3.8, 4) is 0 Å². The van der Waals surface area contributed by atoms with Gasteiger partial charge >= 0.3 is 0 Å². The quantitative estimate of drug-likeness (QED) is 0.747. The van der Waals surface area contributed by atoms with Crippen LogP contribution in [0.15, 0.2) is 28.9 Å². The highest BCUT2D eigenvalue weighted by Gasteiger charge is 2.14. The maximum Gasteiger partial charge on any atom is 0.252 e. The number of hydrogen-bond acceptors (Lipinski definition) is 4. The molecule has 0 spiro atoms. The van der Waals surface area contributed by atoms with Crippen LogP contribution in [0.1, 0.15) is 10.4 Å². The van der Waals surface area contributed by atoms with Gasteiger partial charge in [-0.2, -0.15) is 0 Å². The molecule has 5 N–H and O–H groups in total. The number of halogens is 3. The topological polar surface area (TPSA) is 94.0 Å². The first-order valence-corrected chi connectivity index (χ1v) is 6.14. The monoisotopic (exact) mass is 342 g/mol. The smallest absolute Gasteiger partial charge is 0.252 e. The average molecular weight is 343 g/mol. The molecule has 2 aromatic rings. The van der Waals surface area contributed by atoms with E-state index >= 15 is 0 Å². The van der Waals surface area contributed by atoms with Gasteiger partial charge in [0.25, 0.3) is 5.91 Å². The molecular formula is C12H9BrF2N4O. The SMILES string of the molecule is NC(=O)c1cc(N)cnc1Nc1cc(Br)c(F)cc1F. The molecule has 0 saturated heterocycles. The Kier molecular flexibility index (Phi) is 3.84. The van der Waals surface area contributed by atoms with Crippen LogP contribution in [0, 0.1) is 11.6 Å².